The summed E-state index contributed by atoms with van der Waals surface area (Å²) in [6.45, 7) is 3.87. The van der Waals surface area contributed by atoms with Crippen LogP contribution in [-0.4, -0.2) is 35.0 Å². The molecule has 0 atom stereocenters. The van der Waals surface area contributed by atoms with E-state index in [1.807, 2.05) is 0 Å². The van der Waals surface area contributed by atoms with Crippen LogP contribution in [0.1, 0.15) is 19.8 Å². The fraction of sp³-hybridized carbons (Fsp3) is 0.667. The molecule has 0 amide bonds. The number of hydrogen-bond donors (Lipinski definition) is 0. The zero-order valence-corrected chi connectivity index (χ0v) is 9.40. The molecule has 0 bridgehead atoms. The van der Waals surface area contributed by atoms with Crippen molar-refractivity contribution in [3.05, 3.63) is 11.5 Å². The van der Waals surface area contributed by atoms with Crippen LogP contribution in [0.15, 0.2) is 6.20 Å². The molecule has 1 rings (SSSR count). The molecular formula is C9H14ClN3O2. The molecule has 0 unspecified atom stereocenters. The fourth-order valence-corrected chi connectivity index (χ4v) is 1.02. The molecule has 0 aliphatic heterocycles. The summed E-state index contributed by atoms with van der Waals surface area (Å²) in [4.78, 5) is 3.82. The summed E-state index contributed by atoms with van der Waals surface area (Å²) in [5.41, 5.74) is 0. The molecule has 0 saturated carbocycles. The predicted octanol–water partition coefficient (Wildman–Crippen LogP) is 1.72. The Morgan fingerprint density at radius 1 is 1.33 bits per heavy atom. The number of rotatable bonds is 7. The molecule has 6 heteroatoms. The maximum Gasteiger partial charge on any atom is 0.246 e. The molecule has 0 aliphatic carbocycles. The van der Waals surface area contributed by atoms with Crippen LogP contribution in [0.5, 0.6) is 5.88 Å². The topological polar surface area (TPSA) is 57.1 Å². The molecular weight excluding hydrogens is 218 g/mol. The smallest absolute Gasteiger partial charge is 0.246 e. The van der Waals surface area contributed by atoms with E-state index in [-0.39, 0.29) is 5.28 Å². The second-order valence-corrected chi connectivity index (χ2v) is 3.22. The molecule has 1 aromatic rings. The van der Waals surface area contributed by atoms with Gasteiger partial charge in [-0.25, -0.2) is 0 Å². The number of ether oxygens (including phenoxy) is 2. The third kappa shape index (κ3) is 5.49. The average molecular weight is 232 g/mol. The first kappa shape index (κ1) is 12.1. The standard InChI is InChI=1S/C9H14ClN3O2/c1-2-3-4-14-5-6-15-8-7-11-13-9(10)12-8/h7H,2-6H2,1H3. The van der Waals surface area contributed by atoms with Crippen LogP contribution < -0.4 is 4.74 Å². The molecule has 0 radical (unpaired) electrons. The molecule has 0 saturated heterocycles. The SMILES string of the molecule is CCCCOCCOc1cnnc(Cl)n1. The van der Waals surface area contributed by atoms with E-state index in [4.69, 9.17) is 21.1 Å². The van der Waals surface area contributed by atoms with Gasteiger partial charge < -0.3 is 9.47 Å². The predicted molar refractivity (Wildman–Crippen MR) is 56.1 cm³/mol. The molecule has 5 nitrogen and oxygen atoms in total. The minimum absolute atomic E-state index is 0.0828. The van der Waals surface area contributed by atoms with Crippen molar-refractivity contribution >= 4 is 11.6 Å². The monoisotopic (exact) mass is 231 g/mol. The minimum Gasteiger partial charge on any atom is -0.474 e. The van der Waals surface area contributed by atoms with E-state index in [0.717, 1.165) is 19.4 Å². The maximum absolute atomic E-state index is 5.53. The Labute approximate surface area is 93.8 Å². The molecule has 84 valence electrons. The Hall–Kier alpha value is -0.940. The lowest BCUT2D eigenvalue weighted by atomic mass is 10.4. The van der Waals surface area contributed by atoms with Gasteiger partial charge in [-0.2, -0.15) is 10.1 Å². The number of halogens is 1. The van der Waals surface area contributed by atoms with Crippen molar-refractivity contribution in [1.82, 2.24) is 15.2 Å². The summed E-state index contributed by atoms with van der Waals surface area (Å²) in [5, 5.41) is 7.19. The van der Waals surface area contributed by atoms with Crippen LogP contribution in [0.3, 0.4) is 0 Å². The van der Waals surface area contributed by atoms with Crippen LogP contribution in [0.2, 0.25) is 5.28 Å². The van der Waals surface area contributed by atoms with Gasteiger partial charge in [-0.05, 0) is 18.0 Å². The van der Waals surface area contributed by atoms with Gasteiger partial charge in [0.2, 0.25) is 11.2 Å². The molecule has 1 aromatic heterocycles. The van der Waals surface area contributed by atoms with Gasteiger partial charge in [0.05, 0.1) is 6.61 Å². The minimum atomic E-state index is 0.0828. The van der Waals surface area contributed by atoms with E-state index in [9.17, 15) is 0 Å². The summed E-state index contributed by atoms with van der Waals surface area (Å²) >= 11 is 5.53. The fourth-order valence-electron chi connectivity index (χ4n) is 0.891. The normalized spacial score (nSPS) is 10.3. The number of unbranched alkanes of at least 4 members (excludes halogenated alkanes) is 1. The highest BCUT2D eigenvalue weighted by Crippen LogP contribution is 2.05. The van der Waals surface area contributed by atoms with E-state index in [2.05, 4.69) is 22.1 Å². The first-order valence-electron chi connectivity index (χ1n) is 4.88. The first-order chi connectivity index (χ1) is 7.33. The van der Waals surface area contributed by atoms with Crippen LogP contribution in [0.4, 0.5) is 0 Å². The van der Waals surface area contributed by atoms with Gasteiger partial charge in [-0.15, -0.1) is 5.10 Å². The summed E-state index contributed by atoms with van der Waals surface area (Å²) < 4.78 is 10.5. The zero-order chi connectivity index (χ0) is 10.9. The molecule has 15 heavy (non-hydrogen) atoms. The van der Waals surface area contributed by atoms with E-state index >= 15 is 0 Å². The van der Waals surface area contributed by atoms with Crippen molar-refractivity contribution in [3.8, 4) is 5.88 Å². The van der Waals surface area contributed by atoms with Gasteiger partial charge in [0, 0.05) is 6.61 Å². The zero-order valence-electron chi connectivity index (χ0n) is 8.65. The second kappa shape index (κ2) is 7.36. The Morgan fingerprint density at radius 3 is 2.93 bits per heavy atom. The number of aromatic nitrogens is 3. The Bertz CT molecular complexity index is 286. The molecule has 1 heterocycles. The lowest BCUT2D eigenvalue weighted by Gasteiger charge is -2.05. The van der Waals surface area contributed by atoms with Crippen molar-refractivity contribution in [2.75, 3.05) is 19.8 Å². The molecule has 0 aliphatic rings. The van der Waals surface area contributed by atoms with Gasteiger partial charge >= 0.3 is 0 Å². The summed E-state index contributed by atoms with van der Waals surface area (Å²) in [6, 6.07) is 0. The maximum atomic E-state index is 5.53. The number of nitrogens with zero attached hydrogens (tertiary/aromatic N) is 3. The van der Waals surface area contributed by atoms with Crippen molar-refractivity contribution in [2.24, 2.45) is 0 Å². The Kier molecular flexibility index (Phi) is 5.96. The second-order valence-electron chi connectivity index (χ2n) is 2.88. The third-order valence-corrected chi connectivity index (χ3v) is 1.79. The average Bonchev–Trinajstić information content (AvgIpc) is 2.23. The van der Waals surface area contributed by atoms with Gasteiger partial charge in [-0.3, -0.25) is 0 Å². The lowest BCUT2D eigenvalue weighted by molar-refractivity contribution is 0.0963. The third-order valence-electron chi connectivity index (χ3n) is 1.63. The molecule has 0 spiro atoms. The van der Waals surface area contributed by atoms with Gasteiger partial charge in [0.15, 0.2) is 0 Å². The Morgan fingerprint density at radius 2 is 2.20 bits per heavy atom. The van der Waals surface area contributed by atoms with Crippen molar-refractivity contribution in [3.63, 3.8) is 0 Å². The van der Waals surface area contributed by atoms with Crippen LogP contribution in [0, 0.1) is 0 Å². The highest BCUT2D eigenvalue weighted by Gasteiger charge is 1.98. The molecule has 0 fully saturated rings. The van der Waals surface area contributed by atoms with Gasteiger partial charge in [0.25, 0.3) is 0 Å². The van der Waals surface area contributed by atoms with E-state index in [1.54, 1.807) is 0 Å². The number of hydrogen-bond acceptors (Lipinski definition) is 5. The highest BCUT2D eigenvalue weighted by atomic mass is 35.5. The largest absolute Gasteiger partial charge is 0.474 e. The van der Waals surface area contributed by atoms with Crippen LogP contribution in [0.25, 0.3) is 0 Å². The van der Waals surface area contributed by atoms with Crippen molar-refractivity contribution in [1.29, 1.82) is 0 Å². The van der Waals surface area contributed by atoms with Crippen LogP contribution in [-0.2, 0) is 4.74 Å². The quantitative estimate of drug-likeness (QED) is 0.669. The van der Waals surface area contributed by atoms with E-state index in [0.29, 0.717) is 19.1 Å². The van der Waals surface area contributed by atoms with Gasteiger partial charge in [0.1, 0.15) is 12.8 Å². The summed E-state index contributed by atoms with van der Waals surface area (Å²) in [5.74, 6) is 0.370. The van der Waals surface area contributed by atoms with Crippen molar-refractivity contribution in [2.45, 2.75) is 19.8 Å². The molecule has 0 N–H and O–H groups in total. The van der Waals surface area contributed by atoms with E-state index in [1.165, 1.54) is 6.20 Å². The van der Waals surface area contributed by atoms with Gasteiger partial charge in [-0.1, -0.05) is 13.3 Å². The first-order valence-corrected chi connectivity index (χ1v) is 5.26. The Balaban J connectivity index is 2.10. The van der Waals surface area contributed by atoms with Crippen LogP contribution >= 0.6 is 11.6 Å². The summed E-state index contributed by atoms with van der Waals surface area (Å²) in [7, 11) is 0. The molecule has 0 aromatic carbocycles. The highest BCUT2D eigenvalue weighted by molar-refractivity contribution is 6.28. The van der Waals surface area contributed by atoms with E-state index < -0.39 is 0 Å². The summed E-state index contributed by atoms with van der Waals surface area (Å²) in [6.07, 6.45) is 3.62. The van der Waals surface area contributed by atoms with Crippen molar-refractivity contribution < 1.29 is 9.47 Å². The lowest BCUT2D eigenvalue weighted by Crippen LogP contribution is -2.08.